The molecule has 0 fully saturated rings. The normalized spacial score (nSPS) is 12.2. The Hall–Kier alpha value is -2.34. The predicted octanol–water partition coefficient (Wildman–Crippen LogP) is 4.34. The minimum absolute atomic E-state index is 0.00126. The van der Waals surface area contributed by atoms with Crippen molar-refractivity contribution in [2.24, 2.45) is 5.92 Å². The second-order valence-electron chi connectivity index (χ2n) is 6.54. The topological polar surface area (TPSA) is 42.4 Å². The Labute approximate surface area is 152 Å². The van der Waals surface area contributed by atoms with Crippen molar-refractivity contribution >= 4 is 11.6 Å². The summed E-state index contributed by atoms with van der Waals surface area (Å²) in [6.45, 7) is 6.28. The minimum Gasteiger partial charge on any atom is -0.369 e. The van der Waals surface area contributed by atoms with E-state index in [1.165, 1.54) is 11.0 Å². The summed E-state index contributed by atoms with van der Waals surface area (Å²) >= 11 is 0. The molecule has 2 aromatic rings. The zero-order chi connectivity index (χ0) is 19.1. The van der Waals surface area contributed by atoms with Crippen LogP contribution in [0.25, 0.3) is 0 Å². The largest absolute Gasteiger partial charge is 0.369 e. The van der Waals surface area contributed by atoms with Crippen LogP contribution in [-0.4, -0.2) is 23.6 Å². The monoisotopic (exact) mass is 362 g/mol. The molecule has 2 rings (SSSR count). The van der Waals surface area contributed by atoms with Gasteiger partial charge in [-0.25, -0.2) is 8.78 Å². The summed E-state index contributed by atoms with van der Waals surface area (Å²) in [5.74, 6) is -1.44. The third-order valence-corrected chi connectivity index (χ3v) is 3.92. The van der Waals surface area contributed by atoms with Gasteiger partial charge in [-0.2, -0.15) is 0 Å². The lowest BCUT2D eigenvalue weighted by molar-refractivity contribution is -0.129. The summed E-state index contributed by atoms with van der Waals surface area (Å²) in [5, 5.41) is 0. The van der Waals surface area contributed by atoms with Gasteiger partial charge in [0.05, 0.1) is 17.9 Å². The van der Waals surface area contributed by atoms with Gasteiger partial charge in [0.1, 0.15) is 17.7 Å². The van der Waals surface area contributed by atoms with Gasteiger partial charge < -0.3 is 9.64 Å². The van der Waals surface area contributed by atoms with Crippen molar-refractivity contribution in [3.05, 3.63) is 59.9 Å². The van der Waals surface area contributed by atoms with Gasteiger partial charge in [0, 0.05) is 18.9 Å². The maximum atomic E-state index is 14.3. The molecule has 1 heterocycles. The molecule has 26 heavy (non-hydrogen) atoms. The van der Waals surface area contributed by atoms with E-state index in [1.54, 1.807) is 31.3 Å². The number of aromatic nitrogens is 1. The number of rotatable bonds is 8. The van der Waals surface area contributed by atoms with Crippen LogP contribution < -0.4 is 4.90 Å². The van der Waals surface area contributed by atoms with Gasteiger partial charge in [0.25, 0.3) is 5.91 Å². The van der Waals surface area contributed by atoms with Crippen molar-refractivity contribution < 1.29 is 18.3 Å². The zero-order valence-electron chi connectivity index (χ0n) is 15.3. The number of hydrogen-bond donors (Lipinski definition) is 0. The van der Waals surface area contributed by atoms with E-state index >= 15 is 0 Å². The third kappa shape index (κ3) is 5.59. The summed E-state index contributed by atoms with van der Waals surface area (Å²) in [5.41, 5.74) is 0.598. The van der Waals surface area contributed by atoms with Crippen LogP contribution in [0.5, 0.6) is 0 Å². The number of anilines is 1. The Kier molecular flexibility index (Phi) is 7.21. The number of halogens is 2. The number of pyridine rings is 1. The molecular formula is C20H24F2N2O2. The lowest BCUT2D eigenvalue weighted by Gasteiger charge is -2.26. The number of hydrogen-bond acceptors (Lipinski definition) is 3. The van der Waals surface area contributed by atoms with Crippen LogP contribution in [0.1, 0.15) is 32.9 Å². The number of carbonyl (C=O) groups excluding carboxylic acids is 1. The van der Waals surface area contributed by atoms with E-state index in [4.69, 9.17) is 4.74 Å². The summed E-state index contributed by atoms with van der Waals surface area (Å²) in [7, 11) is 0. The number of benzene rings is 1. The van der Waals surface area contributed by atoms with Crippen LogP contribution in [-0.2, 0) is 16.1 Å². The van der Waals surface area contributed by atoms with Gasteiger partial charge in [-0.3, -0.25) is 9.78 Å². The molecule has 0 aliphatic heterocycles. The van der Waals surface area contributed by atoms with Crippen molar-refractivity contribution in [2.75, 3.05) is 11.5 Å². The number of nitrogens with zero attached hydrogens (tertiary/aromatic N) is 2. The van der Waals surface area contributed by atoms with Gasteiger partial charge >= 0.3 is 0 Å². The molecule has 1 aromatic carbocycles. The lowest BCUT2D eigenvalue weighted by Crippen LogP contribution is -2.39. The molecule has 1 unspecified atom stereocenters. The Balaban J connectivity index is 2.23. The highest BCUT2D eigenvalue weighted by Gasteiger charge is 2.25. The van der Waals surface area contributed by atoms with Crippen LogP contribution in [0.15, 0.2) is 42.6 Å². The molecule has 0 aliphatic carbocycles. The Morgan fingerprint density at radius 1 is 1.19 bits per heavy atom. The van der Waals surface area contributed by atoms with E-state index in [0.717, 1.165) is 18.6 Å². The molecular weight excluding hydrogens is 338 g/mol. The fourth-order valence-electron chi connectivity index (χ4n) is 2.41. The molecule has 140 valence electrons. The standard InChI is InChI=1S/C20H24F2N2O2/c1-14(2)9-11-26-15(3)20(25)24(13-17-6-4-5-10-23-17)19-8-7-16(21)12-18(19)22/h4-8,10,12,14-15H,9,11,13H2,1-3H3. The van der Waals surface area contributed by atoms with Crippen molar-refractivity contribution in [1.82, 2.24) is 4.98 Å². The van der Waals surface area contributed by atoms with Crippen LogP contribution >= 0.6 is 0 Å². The SMILES string of the molecule is CC(C)CCOC(C)C(=O)N(Cc1ccccn1)c1ccc(F)cc1F. The maximum Gasteiger partial charge on any atom is 0.256 e. The first-order chi connectivity index (χ1) is 12.4. The number of amides is 1. The smallest absolute Gasteiger partial charge is 0.256 e. The van der Waals surface area contributed by atoms with Gasteiger partial charge in [0.2, 0.25) is 0 Å². The van der Waals surface area contributed by atoms with E-state index < -0.39 is 23.6 Å². The number of carbonyl (C=O) groups is 1. The predicted molar refractivity (Wildman–Crippen MR) is 96.7 cm³/mol. The van der Waals surface area contributed by atoms with E-state index in [0.29, 0.717) is 18.2 Å². The molecule has 0 saturated heterocycles. The molecule has 0 aliphatic rings. The minimum atomic E-state index is -0.802. The van der Waals surface area contributed by atoms with Crippen molar-refractivity contribution in [1.29, 1.82) is 0 Å². The fraction of sp³-hybridized carbons (Fsp3) is 0.400. The number of ether oxygens (including phenoxy) is 1. The molecule has 0 saturated carbocycles. The van der Waals surface area contributed by atoms with Crippen molar-refractivity contribution in [3.8, 4) is 0 Å². The highest BCUT2D eigenvalue weighted by Crippen LogP contribution is 2.23. The molecule has 0 radical (unpaired) electrons. The van der Waals surface area contributed by atoms with Crippen LogP contribution in [0.2, 0.25) is 0 Å². The van der Waals surface area contributed by atoms with Crippen LogP contribution in [0.4, 0.5) is 14.5 Å². The van der Waals surface area contributed by atoms with E-state index in [2.05, 4.69) is 18.8 Å². The highest BCUT2D eigenvalue weighted by atomic mass is 19.1. The third-order valence-electron chi connectivity index (χ3n) is 3.92. The maximum absolute atomic E-state index is 14.3. The second-order valence-corrected chi connectivity index (χ2v) is 6.54. The molecule has 0 bridgehead atoms. The van der Waals surface area contributed by atoms with Gasteiger partial charge in [0.15, 0.2) is 0 Å². The molecule has 1 amide bonds. The first-order valence-electron chi connectivity index (χ1n) is 8.66. The first kappa shape index (κ1) is 20.0. The van der Waals surface area contributed by atoms with Crippen LogP contribution in [0.3, 0.4) is 0 Å². The van der Waals surface area contributed by atoms with E-state index in [9.17, 15) is 13.6 Å². The molecule has 4 nitrogen and oxygen atoms in total. The van der Waals surface area contributed by atoms with E-state index in [-0.39, 0.29) is 12.2 Å². The summed E-state index contributed by atoms with van der Waals surface area (Å²) in [6.07, 6.45) is 1.67. The molecule has 0 N–H and O–H groups in total. The van der Waals surface area contributed by atoms with Crippen molar-refractivity contribution in [2.45, 2.75) is 39.8 Å². The molecule has 0 spiro atoms. The average Bonchev–Trinajstić information content (AvgIpc) is 2.60. The summed E-state index contributed by atoms with van der Waals surface area (Å²) in [4.78, 5) is 18.3. The highest BCUT2D eigenvalue weighted by molar-refractivity contribution is 5.96. The first-order valence-corrected chi connectivity index (χ1v) is 8.66. The Morgan fingerprint density at radius 3 is 2.58 bits per heavy atom. The molecule has 1 atom stereocenters. The Morgan fingerprint density at radius 2 is 1.96 bits per heavy atom. The Bertz CT molecular complexity index is 723. The molecule has 1 aromatic heterocycles. The van der Waals surface area contributed by atoms with Gasteiger partial charge in [-0.05, 0) is 43.5 Å². The quantitative estimate of drug-likeness (QED) is 0.701. The lowest BCUT2D eigenvalue weighted by atomic mass is 10.1. The average molecular weight is 362 g/mol. The zero-order valence-corrected chi connectivity index (χ0v) is 15.3. The van der Waals surface area contributed by atoms with Crippen molar-refractivity contribution in [3.63, 3.8) is 0 Å². The van der Waals surface area contributed by atoms with Gasteiger partial charge in [-0.15, -0.1) is 0 Å². The van der Waals surface area contributed by atoms with Crippen LogP contribution in [0, 0.1) is 17.6 Å². The van der Waals surface area contributed by atoms with Gasteiger partial charge in [-0.1, -0.05) is 19.9 Å². The molecule has 6 heteroatoms. The fourth-order valence-corrected chi connectivity index (χ4v) is 2.41. The summed E-state index contributed by atoms with van der Waals surface area (Å²) < 4.78 is 33.2. The van der Waals surface area contributed by atoms with E-state index in [1.807, 2.05) is 0 Å². The summed E-state index contributed by atoms with van der Waals surface area (Å²) in [6, 6.07) is 8.43. The second kappa shape index (κ2) is 9.38.